The first-order valence-electron chi connectivity index (χ1n) is 9.42. The van der Waals surface area contributed by atoms with Crippen LogP contribution in [-0.2, 0) is 9.57 Å². The van der Waals surface area contributed by atoms with Crippen molar-refractivity contribution in [2.75, 3.05) is 42.6 Å². The first-order chi connectivity index (χ1) is 14.2. The zero-order valence-electron chi connectivity index (χ0n) is 16.2. The number of halogens is 2. The van der Waals surface area contributed by atoms with Crippen molar-refractivity contribution in [1.29, 1.82) is 0 Å². The highest BCUT2D eigenvalue weighted by Gasteiger charge is 2.64. The van der Waals surface area contributed by atoms with Crippen molar-refractivity contribution >= 4 is 40.7 Å². The standard InChI is InChI=1S/C18H21F2N5O4S/c1-10(30)22-14-8-18(14)9-24(17(27)29-18)11-6-12(19)15(13(20)7-11)23-2-3-25(16(21)26)28-5-4-23/h6-7,14H,2-5,8-9H2,1H3,(H2,21,26)(H,22,30)/t14-,18-/m0/s1. The van der Waals surface area contributed by atoms with Gasteiger partial charge in [-0.05, 0) is 6.92 Å². The average molecular weight is 441 g/mol. The van der Waals surface area contributed by atoms with Crippen LogP contribution in [0.1, 0.15) is 13.3 Å². The van der Waals surface area contributed by atoms with E-state index in [2.05, 4.69) is 5.32 Å². The fourth-order valence-corrected chi connectivity index (χ4v) is 3.99. The minimum absolute atomic E-state index is 0.0399. The number of hydrogen-bond donors (Lipinski definition) is 2. The summed E-state index contributed by atoms with van der Waals surface area (Å²) < 4.78 is 35.2. The molecule has 162 valence electrons. The lowest BCUT2D eigenvalue weighted by molar-refractivity contribution is -0.102. The number of hydrogen-bond acceptors (Lipinski definition) is 6. The van der Waals surface area contributed by atoms with E-state index in [-0.39, 0.29) is 50.2 Å². The van der Waals surface area contributed by atoms with Crippen molar-refractivity contribution in [2.45, 2.75) is 25.0 Å². The topological polar surface area (TPSA) is 100 Å². The van der Waals surface area contributed by atoms with Gasteiger partial charge in [0.2, 0.25) is 0 Å². The molecule has 2 atom stereocenters. The van der Waals surface area contributed by atoms with Crippen LogP contribution in [0.4, 0.5) is 29.7 Å². The Kier molecular flexibility index (Phi) is 5.14. The Morgan fingerprint density at radius 2 is 2.00 bits per heavy atom. The van der Waals surface area contributed by atoms with Crippen molar-refractivity contribution < 1.29 is 27.9 Å². The highest BCUT2D eigenvalue weighted by Crippen LogP contribution is 2.46. The molecule has 2 heterocycles. The minimum Gasteiger partial charge on any atom is -0.438 e. The van der Waals surface area contributed by atoms with E-state index in [1.54, 1.807) is 6.92 Å². The lowest BCUT2D eigenvalue weighted by atomic mass is 10.2. The van der Waals surface area contributed by atoms with Gasteiger partial charge in [-0.1, -0.05) is 12.2 Å². The zero-order valence-corrected chi connectivity index (χ0v) is 17.0. The Morgan fingerprint density at radius 1 is 1.30 bits per heavy atom. The van der Waals surface area contributed by atoms with Gasteiger partial charge in [0.05, 0.1) is 36.4 Å². The molecule has 4 rings (SSSR count). The van der Waals surface area contributed by atoms with Crippen LogP contribution < -0.4 is 20.9 Å². The van der Waals surface area contributed by atoms with Crippen LogP contribution in [0.3, 0.4) is 0 Å². The number of benzene rings is 1. The highest BCUT2D eigenvalue weighted by atomic mass is 32.1. The van der Waals surface area contributed by atoms with Crippen LogP contribution in [0.5, 0.6) is 0 Å². The zero-order chi connectivity index (χ0) is 21.6. The summed E-state index contributed by atoms with van der Waals surface area (Å²) in [5.74, 6) is -1.65. The molecule has 30 heavy (non-hydrogen) atoms. The van der Waals surface area contributed by atoms with Crippen molar-refractivity contribution in [3.63, 3.8) is 0 Å². The van der Waals surface area contributed by atoms with Crippen molar-refractivity contribution in [3.8, 4) is 0 Å². The molecular weight excluding hydrogens is 420 g/mol. The third kappa shape index (κ3) is 3.72. The SMILES string of the molecule is CC(=S)N[C@H]1C[C@]12CN(c1cc(F)c(N3CCON(C(N)=O)CC3)c(F)c1)C(=O)O2. The van der Waals surface area contributed by atoms with Gasteiger partial charge in [-0.25, -0.2) is 23.4 Å². The summed E-state index contributed by atoms with van der Waals surface area (Å²) >= 11 is 5.02. The molecule has 1 aliphatic carbocycles. The van der Waals surface area contributed by atoms with Crippen LogP contribution >= 0.6 is 12.2 Å². The summed E-state index contributed by atoms with van der Waals surface area (Å²) in [6.07, 6.45) is -0.0794. The summed E-state index contributed by atoms with van der Waals surface area (Å²) in [4.78, 5) is 32.0. The lowest BCUT2D eigenvalue weighted by Crippen LogP contribution is -2.38. The molecular formula is C18H21F2N5O4S. The van der Waals surface area contributed by atoms with E-state index in [0.717, 1.165) is 17.2 Å². The predicted octanol–water partition coefficient (Wildman–Crippen LogP) is 1.50. The molecule has 12 heteroatoms. The van der Waals surface area contributed by atoms with Crippen LogP contribution in [0.2, 0.25) is 0 Å². The third-order valence-electron chi connectivity index (χ3n) is 5.40. The van der Waals surface area contributed by atoms with E-state index in [1.165, 1.54) is 9.80 Å². The van der Waals surface area contributed by atoms with E-state index in [1.807, 2.05) is 0 Å². The molecule has 0 radical (unpaired) electrons. The first kappa shape index (κ1) is 20.5. The van der Waals surface area contributed by atoms with E-state index in [4.69, 9.17) is 27.5 Å². The van der Waals surface area contributed by atoms with Crippen LogP contribution in [-0.4, -0.2) is 66.6 Å². The fourth-order valence-electron chi connectivity index (χ4n) is 3.85. The first-order valence-corrected chi connectivity index (χ1v) is 9.82. The molecule has 1 aromatic rings. The second kappa shape index (κ2) is 7.51. The normalized spacial score (nSPS) is 25.9. The quantitative estimate of drug-likeness (QED) is 0.686. The summed E-state index contributed by atoms with van der Waals surface area (Å²) in [6, 6.07) is 1.33. The summed E-state index contributed by atoms with van der Waals surface area (Å²) in [6.45, 7) is 2.31. The average Bonchev–Trinajstić information content (AvgIpc) is 3.26. The summed E-state index contributed by atoms with van der Waals surface area (Å²) in [7, 11) is 0. The maximum Gasteiger partial charge on any atom is 0.415 e. The molecule has 9 nitrogen and oxygen atoms in total. The molecule has 3 amide bonds. The van der Waals surface area contributed by atoms with Gasteiger partial charge in [0, 0.05) is 31.6 Å². The number of hydroxylamine groups is 2. The smallest absolute Gasteiger partial charge is 0.415 e. The van der Waals surface area contributed by atoms with E-state index >= 15 is 0 Å². The number of nitrogens with one attached hydrogen (secondary N) is 1. The molecule has 0 aromatic heterocycles. The monoisotopic (exact) mass is 441 g/mol. The Labute approximate surface area is 176 Å². The number of carbonyl (C=O) groups excluding carboxylic acids is 2. The number of rotatable bonds is 3. The van der Waals surface area contributed by atoms with Crippen LogP contribution in [0.15, 0.2) is 12.1 Å². The fraction of sp³-hybridized carbons (Fsp3) is 0.500. The van der Waals surface area contributed by atoms with Gasteiger partial charge in [0.25, 0.3) is 0 Å². The summed E-state index contributed by atoms with van der Waals surface area (Å²) in [5, 5.41) is 4.01. The second-order valence-corrected chi connectivity index (χ2v) is 8.11. The van der Waals surface area contributed by atoms with Gasteiger partial charge in [0.1, 0.15) is 5.69 Å². The third-order valence-corrected chi connectivity index (χ3v) is 5.51. The van der Waals surface area contributed by atoms with Crippen molar-refractivity contribution in [2.24, 2.45) is 5.73 Å². The van der Waals surface area contributed by atoms with Gasteiger partial charge >= 0.3 is 12.1 Å². The largest absolute Gasteiger partial charge is 0.438 e. The van der Waals surface area contributed by atoms with Gasteiger partial charge in [-0.3, -0.25) is 9.74 Å². The molecule has 3 N–H and O–H groups in total. The van der Waals surface area contributed by atoms with Gasteiger partial charge in [-0.2, -0.15) is 0 Å². The summed E-state index contributed by atoms with van der Waals surface area (Å²) in [5.41, 5.74) is 4.27. The molecule has 1 saturated carbocycles. The Balaban J connectivity index is 1.52. The van der Waals surface area contributed by atoms with E-state index in [0.29, 0.717) is 11.4 Å². The van der Waals surface area contributed by atoms with Gasteiger partial charge in [-0.15, -0.1) is 0 Å². The minimum atomic E-state index is -0.827. The number of nitrogens with two attached hydrogens (primary N) is 1. The van der Waals surface area contributed by atoms with Gasteiger partial charge < -0.3 is 20.7 Å². The number of primary amides is 1. The number of carbonyl (C=O) groups is 2. The Hall–Kier alpha value is -2.73. The molecule has 3 aliphatic rings. The number of thiocarbonyl (C=S) groups is 1. The van der Waals surface area contributed by atoms with E-state index < -0.39 is 29.4 Å². The Bertz CT molecular complexity index is 896. The number of anilines is 2. The van der Waals surface area contributed by atoms with Crippen molar-refractivity contribution in [1.82, 2.24) is 10.4 Å². The molecule has 1 aromatic carbocycles. The van der Waals surface area contributed by atoms with Crippen LogP contribution in [0.25, 0.3) is 0 Å². The maximum atomic E-state index is 14.9. The molecule has 0 unspecified atom stereocenters. The predicted molar refractivity (Wildman–Crippen MR) is 107 cm³/mol. The van der Waals surface area contributed by atoms with Crippen LogP contribution in [0, 0.1) is 11.6 Å². The number of nitrogens with zero attached hydrogens (tertiary/aromatic N) is 3. The number of urea groups is 1. The number of amides is 3. The molecule has 1 spiro atoms. The van der Waals surface area contributed by atoms with Gasteiger partial charge in [0.15, 0.2) is 17.2 Å². The molecule has 3 fully saturated rings. The highest BCUT2D eigenvalue weighted by molar-refractivity contribution is 7.80. The van der Waals surface area contributed by atoms with Crippen molar-refractivity contribution in [3.05, 3.63) is 23.8 Å². The second-order valence-electron chi connectivity index (χ2n) is 7.49. The molecule has 2 saturated heterocycles. The molecule has 0 bridgehead atoms. The Morgan fingerprint density at radius 3 is 2.63 bits per heavy atom. The number of ether oxygens (including phenoxy) is 1. The van der Waals surface area contributed by atoms with E-state index in [9.17, 15) is 18.4 Å². The molecule has 2 aliphatic heterocycles. The lowest BCUT2D eigenvalue weighted by Gasteiger charge is -2.24. The maximum absolute atomic E-state index is 14.9.